The van der Waals surface area contributed by atoms with E-state index in [4.69, 9.17) is 5.73 Å². The fourth-order valence-corrected chi connectivity index (χ4v) is 2.90. The average molecular weight is 324 g/mol. The summed E-state index contributed by atoms with van der Waals surface area (Å²) in [7, 11) is 0. The van der Waals surface area contributed by atoms with Crippen molar-refractivity contribution in [3.05, 3.63) is 54.4 Å². The summed E-state index contributed by atoms with van der Waals surface area (Å²) in [5.74, 6) is -0.390. The molecule has 1 fully saturated rings. The fourth-order valence-electron chi connectivity index (χ4n) is 2.90. The number of anilines is 2. The second kappa shape index (κ2) is 7.12. The lowest BCUT2D eigenvalue weighted by atomic mass is 9.96. The van der Waals surface area contributed by atoms with Crippen LogP contribution < -0.4 is 11.1 Å². The predicted molar refractivity (Wildman–Crippen MR) is 92.3 cm³/mol. The number of benzene rings is 1. The van der Waals surface area contributed by atoms with Crippen molar-refractivity contribution in [2.45, 2.75) is 12.8 Å². The molecule has 3 rings (SSSR count). The highest BCUT2D eigenvalue weighted by Crippen LogP contribution is 2.22. The summed E-state index contributed by atoms with van der Waals surface area (Å²) in [5.41, 5.74) is 7.61. The quantitative estimate of drug-likeness (QED) is 0.847. The van der Waals surface area contributed by atoms with Gasteiger partial charge in [0, 0.05) is 31.0 Å². The number of para-hydroxylation sites is 2. The third kappa shape index (κ3) is 3.53. The zero-order chi connectivity index (χ0) is 16.9. The monoisotopic (exact) mass is 324 g/mol. The second-order valence-electron chi connectivity index (χ2n) is 5.90. The number of hydrogen-bond acceptors (Lipinski definition) is 4. The number of amides is 2. The van der Waals surface area contributed by atoms with Gasteiger partial charge in [-0.05, 0) is 37.1 Å². The lowest BCUT2D eigenvalue weighted by Gasteiger charge is -2.32. The Kier molecular flexibility index (Phi) is 4.74. The van der Waals surface area contributed by atoms with Gasteiger partial charge in [-0.25, -0.2) is 0 Å². The predicted octanol–water partition coefficient (Wildman–Crippen LogP) is 2.15. The molecule has 24 heavy (non-hydrogen) atoms. The van der Waals surface area contributed by atoms with E-state index in [1.54, 1.807) is 41.6 Å². The van der Waals surface area contributed by atoms with Crippen molar-refractivity contribution in [2.75, 3.05) is 24.1 Å². The third-order valence-electron chi connectivity index (χ3n) is 4.23. The van der Waals surface area contributed by atoms with E-state index in [9.17, 15) is 9.59 Å². The molecule has 2 aromatic rings. The molecule has 1 atom stereocenters. The summed E-state index contributed by atoms with van der Waals surface area (Å²) in [6.45, 7) is 1.08. The van der Waals surface area contributed by atoms with Gasteiger partial charge < -0.3 is 16.0 Å². The van der Waals surface area contributed by atoms with Crippen molar-refractivity contribution in [2.24, 2.45) is 5.92 Å². The van der Waals surface area contributed by atoms with Gasteiger partial charge in [0.15, 0.2) is 0 Å². The molecule has 6 heteroatoms. The Labute approximate surface area is 140 Å². The number of hydrogen-bond donors (Lipinski definition) is 2. The highest BCUT2D eigenvalue weighted by molar-refractivity contribution is 5.97. The number of pyridine rings is 1. The van der Waals surface area contributed by atoms with Crippen molar-refractivity contribution in [3.8, 4) is 0 Å². The molecule has 0 radical (unpaired) electrons. The minimum atomic E-state index is -0.232. The van der Waals surface area contributed by atoms with Crippen LogP contribution in [-0.4, -0.2) is 34.8 Å². The van der Waals surface area contributed by atoms with Gasteiger partial charge in [-0.15, -0.1) is 0 Å². The Morgan fingerprint density at radius 1 is 1.17 bits per heavy atom. The lowest BCUT2D eigenvalue weighted by Crippen LogP contribution is -2.43. The first kappa shape index (κ1) is 16.0. The second-order valence-corrected chi connectivity index (χ2v) is 5.90. The van der Waals surface area contributed by atoms with Gasteiger partial charge in [0.2, 0.25) is 5.91 Å². The number of nitrogens with two attached hydrogens (primary N) is 1. The van der Waals surface area contributed by atoms with E-state index in [1.165, 1.54) is 0 Å². The highest BCUT2D eigenvalue weighted by atomic mass is 16.2. The number of nitrogens with one attached hydrogen (secondary N) is 1. The van der Waals surface area contributed by atoms with Crippen LogP contribution in [0.1, 0.15) is 23.2 Å². The number of aromatic nitrogens is 1. The number of piperidine rings is 1. The topological polar surface area (TPSA) is 88.3 Å². The maximum atomic E-state index is 12.5. The Balaban J connectivity index is 1.66. The van der Waals surface area contributed by atoms with Gasteiger partial charge in [-0.2, -0.15) is 0 Å². The van der Waals surface area contributed by atoms with Crippen LogP contribution in [0.4, 0.5) is 11.4 Å². The van der Waals surface area contributed by atoms with Gasteiger partial charge in [-0.3, -0.25) is 14.6 Å². The maximum absolute atomic E-state index is 12.5. The Morgan fingerprint density at radius 3 is 2.67 bits per heavy atom. The van der Waals surface area contributed by atoms with E-state index >= 15 is 0 Å². The largest absolute Gasteiger partial charge is 0.397 e. The summed E-state index contributed by atoms with van der Waals surface area (Å²) in [6, 6.07) is 10.5. The molecule has 0 saturated carbocycles. The summed E-state index contributed by atoms with van der Waals surface area (Å²) in [4.78, 5) is 30.7. The highest BCUT2D eigenvalue weighted by Gasteiger charge is 2.29. The molecule has 2 amide bonds. The Hall–Kier alpha value is -2.89. The van der Waals surface area contributed by atoms with Gasteiger partial charge in [-0.1, -0.05) is 12.1 Å². The first-order chi connectivity index (χ1) is 11.6. The van der Waals surface area contributed by atoms with Crippen LogP contribution in [0.5, 0.6) is 0 Å². The number of likely N-dealkylation sites (tertiary alicyclic amines) is 1. The van der Waals surface area contributed by atoms with Gasteiger partial charge in [0.25, 0.3) is 5.91 Å². The SMILES string of the molecule is Nc1ccccc1NC(=O)C1CCCN(C(=O)c2ccncc2)C1. The number of nitrogens with zero attached hydrogens (tertiary/aromatic N) is 2. The molecule has 2 heterocycles. The number of rotatable bonds is 3. The molecular weight excluding hydrogens is 304 g/mol. The molecule has 0 bridgehead atoms. The molecule has 124 valence electrons. The molecule has 6 nitrogen and oxygen atoms in total. The molecule has 1 aromatic carbocycles. The van der Waals surface area contributed by atoms with E-state index in [2.05, 4.69) is 10.3 Å². The average Bonchev–Trinajstić information content (AvgIpc) is 2.64. The first-order valence-electron chi connectivity index (χ1n) is 8.00. The van der Waals surface area contributed by atoms with Crippen LogP contribution in [0, 0.1) is 5.92 Å². The molecule has 1 unspecified atom stereocenters. The molecule has 0 spiro atoms. The fraction of sp³-hybridized carbons (Fsp3) is 0.278. The first-order valence-corrected chi connectivity index (χ1v) is 8.00. The number of carbonyl (C=O) groups is 2. The standard InChI is InChI=1S/C18H20N4O2/c19-15-5-1-2-6-16(15)21-17(23)14-4-3-11-22(12-14)18(24)13-7-9-20-10-8-13/h1-2,5-10,14H,3-4,11-12,19H2,(H,21,23). The van der Waals surface area contributed by atoms with Crippen molar-refractivity contribution >= 4 is 23.2 Å². The molecule has 1 aromatic heterocycles. The van der Waals surface area contributed by atoms with Crippen LogP contribution in [-0.2, 0) is 4.79 Å². The van der Waals surface area contributed by atoms with E-state index in [0.29, 0.717) is 30.0 Å². The van der Waals surface area contributed by atoms with Crippen LogP contribution in [0.2, 0.25) is 0 Å². The normalized spacial score (nSPS) is 17.3. The van der Waals surface area contributed by atoms with Crippen LogP contribution in [0.25, 0.3) is 0 Å². The zero-order valence-corrected chi connectivity index (χ0v) is 13.3. The van der Waals surface area contributed by atoms with Crippen LogP contribution in [0.15, 0.2) is 48.8 Å². The van der Waals surface area contributed by atoms with E-state index in [1.807, 2.05) is 12.1 Å². The molecule has 0 aliphatic carbocycles. The van der Waals surface area contributed by atoms with Crippen molar-refractivity contribution in [1.82, 2.24) is 9.88 Å². The summed E-state index contributed by atoms with van der Waals surface area (Å²) < 4.78 is 0. The number of carbonyl (C=O) groups excluding carboxylic acids is 2. The Bertz CT molecular complexity index is 733. The van der Waals surface area contributed by atoms with E-state index in [0.717, 1.165) is 12.8 Å². The van der Waals surface area contributed by atoms with Crippen molar-refractivity contribution in [3.63, 3.8) is 0 Å². The van der Waals surface area contributed by atoms with Crippen LogP contribution in [0.3, 0.4) is 0 Å². The Morgan fingerprint density at radius 2 is 1.92 bits per heavy atom. The smallest absolute Gasteiger partial charge is 0.253 e. The summed E-state index contributed by atoms with van der Waals surface area (Å²) in [5, 5.41) is 2.87. The van der Waals surface area contributed by atoms with Crippen molar-refractivity contribution in [1.29, 1.82) is 0 Å². The molecule has 3 N–H and O–H groups in total. The summed E-state index contributed by atoms with van der Waals surface area (Å²) >= 11 is 0. The van der Waals surface area contributed by atoms with E-state index < -0.39 is 0 Å². The van der Waals surface area contributed by atoms with Crippen molar-refractivity contribution < 1.29 is 9.59 Å². The maximum Gasteiger partial charge on any atom is 0.253 e. The van der Waals surface area contributed by atoms with Crippen LogP contribution >= 0.6 is 0 Å². The van der Waals surface area contributed by atoms with Gasteiger partial charge in [0.1, 0.15) is 0 Å². The molecule has 1 aliphatic heterocycles. The lowest BCUT2D eigenvalue weighted by molar-refractivity contribution is -0.121. The van der Waals surface area contributed by atoms with Gasteiger partial charge in [0.05, 0.1) is 17.3 Å². The molecule has 1 aliphatic rings. The zero-order valence-electron chi connectivity index (χ0n) is 13.3. The minimum Gasteiger partial charge on any atom is -0.397 e. The van der Waals surface area contributed by atoms with Gasteiger partial charge >= 0.3 is 0 Å². The third-order valence-corrected chi connectivity index (χ3v) is 4.23. The molecular formula is C18H20N4O2. The molecule has 1 saturated heterocycles. The number of nitrogen functional groups attached to an aromatic ring is 1. The summed E-state index contributed by atoms with van der Waals surface area (Å²) in [6.07, 6.45) is 4.76. The minimum absolute atomic E-state index is 0.0610. The van der Waals surface area contributed by atoms with E-state index in [-0.39, 0.29) is 17.7 Å².